The van der Waals surface area contributed by atoms with Crippen molar-refractivity contribution in [1.29, 1.82) is 0 Å². The number of thiazole rings is 1. The summed E-state index contributed by atoms with van der Waals surface area (Å²) in [6.45, 7) is 1.84. The van der Waals surface area contributed by atoms with Crippen molar-refractivity contribution in [2.24, 2.45) is 0 Å². The second-order valence-corrected chi connectivity index (χ2v) is 5.75. The quantitative estimate of drug-likeness (QED) is 0.640. The van der Waals surface area contributed by atoms with Crippen molar-refractivity contribution >= 4 is 33.2 Å². The van der Waals surface area contributed by atoms with Crippen LogP contribution in [0.15, 0.2) is 40.2 Å². The van der Waals surface area contributed by atoms with Gasteiger partial charge in [0.25, 0.3) is 0 Å². The predicted octanol–water partition coefficient (Wildman–Crippen LogP) is 3.83. The zero-order chi connectivity index (χ0) is 15.4. The van der Waals surface area contributed by atoms with Gasteiger partial charge < -0.3 is 14.6 Å². The third-order valence-electron chi connectivity index (χ3n) is 2.57. The van der Waals surface area contributed by atoms with Crippen molar-refractivity contribution < 1.29 is 19.4 Å². The summed E-state index contributed by atoms with van der Waals surface area (Å²) in [5, 5.41) is 11.8. The number of carbonyl (C=O) groups is 1. The minimum Gasteiger partial charge on any atom is -0.500 e. The highest BCUT2D eigenvalue weighted by molar-refractivity contribution is 9.10. The largest absolute Gasteiger partial charge is 0.500 e. The van der Waals surface area contributed by atoms with Gasteiger partial charge in [0.1, 0.15) is 21.6 Å². The van der Waals surface area contributed by atoms with Crippen molar-refractivity contribution in [2.45, 2.75) is 6.92 Å². The van der Waals surface area contributed by atoms with Gasteiger partial charge in [-0.15, -0.1) is 11.3 Å². The first kappa shape index (κ1) is 15.5. The molecule has 1 aromatic carbocycles. The molecule has 0 unspecified atom stereocenters. The molecular weight excluding hydrogens is 358 g/mol. The smallest absolute Gasteiger partial charge is 0.375 e. The Balaban J connectivity index is 2.35. The summed E-state index contributed by atoms with van der Waals surface area (Å²) in [6.07, 6.45) is 1.05. The molecule has 5 nitrogen and oxygen atoms in total. The minimum atomic E-state index is -1.20. The van der Waals surface area contributed by atoms with E-state index in [9.17, 15) is 4.79 Å². The van der Waals surface area contributed by atoms with Crippen LogP contribution in [0.1, 0.15) is 5.56 Å². The van der Waals surface area contributed by atoms with Crippen molar-refractivity contribution in [3.8, 4) is 16.3 Å². The number of carboxylic acid groups (broad SMARTS) is 1. The lowest BCUT2D eigenvalue weighted by molar-refractivity contribution is -0.135. The van der Waals surface area contributed by atoms with Crippen molar-refractivity contribution in [3.05, 3.63) is 45.8 Å². The van der Waals surface area contributed by atoms with Crippen LogP contribution >= 0.6 is 27.3 Å². The average molecular weight is 370 g/mol. The zero-order valence-electron chi connectivity index (χ0n) is 11.3. The Morgan fingerprint density at radius 3 is 2.81 bits per heavy atom. The molecule has 2 rings (SSSR count). The molecule has 1 N–H and O–H groups in total. The molecule has 0 amide bonds. The summed E-state index contributed by atoms with van der Waals surface area (Å²) in [7, 11) is 1.36. The van der Waals surface area contributed by atoms with E-state index in [1.807, 2.05) is 24.4 Å². The first-order valence-electron chi connectivity index (χ1n) is 5.87. The number of nitrogens with zero attached hydrogens (tertiary/aromatic N) is 1. The highest BCUT2D eigenvalue weighted by atomic mass is 79.9. The Morgan fingerprint density at radius 2 is 2.24 bits per heavy atom. The molecule has 0 fully saturated rings. The van der Waals surface area contributed by atoms with E-state index in [0.717, 1.165) is 27.0 Å². The number of methoxy groups -OCH3 is 1. The molecule has 0 spiro atoms. The lowest BCUT2D eigenvalue weighted by atomic mass is 10.1. The van der Waals surface area contributed by atoms with E-state index in [1.54, 1.807) is 6.07 Å². The Bertz CT molecular complexity index is 696. The van der Waals surface area contributed by atoms with Gasteiger partial charge in [0, 0.05) is 10.9 Å². The molecule has 0 aliphatic heterocycles. The van der Waals surface area contributed by atoms with Crippen LogP contribution in [-0.2, 0) is 9.53 Å². The van der Waals surface area contributed by atoms with Gasteiger partial charge in [-0.25, -0.2) is 9.78 Å². The molecule has 0 bridgehead atoms. The number of benzene rings is 1. The summed E-state index contributed by atoms with van der Waals surface area (Å²) in [4.78, 5) is 15.4. The molecule has 0 radical (unpaired) electrons. The fourth-order valence-electron chi connectivity index (χ4n) is 1.57. The molecule has 0 saturated carbocycles. The summed E-state index contributed by atoms with van der Waals surface area (Å²) >= 11 is 4.79. The monoisotopic (exact) mass is 369 g/mol. The van der Waals surface area contributed by atoms with Crippen LogP contribution in [0.3, 0.4) is 0 Å². The van der Waals surface area contributed by atoms with Crippen LogP contribution in [0, 0.1) is 6.92 Å². The van der Waals surface area contributed by atoms with Gasteiger partial charge in [0.05, 0.1) is 7.11 Å². The molecule has 7 heteroatoms. The van der Waals surface area contributed by atoms with E-state index in [4.69, 9.17) is 14.6 Å². The minimum absolute atomic E-state index is 0.280. The van der Waals surface area contributed by atoms with Gasteiger partial charge in [-0.3, -0.25) is 0 Å². The molecule has 1 aromatic heterocycles. The summed E-state index contributed by atoms with van der Waals surface area (Å²) < 4.78 is 10.9. The number of ether oxygens (including phenoxy) is 2. The number of rotatable bonds is 5. The van der Waals surface area contributed by atoms with Gasteiger partial charge in [-0.1, -0.05) is 12.1 Å². The molecule has 2 aromatic rings. The fraction of sp³-hybridized carbons (Fsp3) is 0.143. The van der Waals surface area contributed by atoms with E-state index in [0.29, 0.717) is 5.75 Å². The molecule has 21 heavy (non-hydrogen) atoms. The number of aliphatic carboxylic acids is 1. The first-order valence-corrected chi connectivity index (χ1v) is 7.54. The van der Waals surface area contributed by atoms with E-state index in [1.165, 1.54) is 18.4 Å². The Morgan fingerprint density at radius 1 is 1.48 bits per heavy atom. The van der Waals surface area contributed by atoms with Crippen LogP contribution in [0.25, 0.3) is 10.6 Å². The third-order valence-corrected chi connectivity index (χ3v) is 4.17. The normalized spacial score (nSPS) is 11.3. The predicted molar refractivity (Wildman–Crippen MR) is 83.3 cm³/mol. The molecule has 0 saturated heterocycles. The third kappa shape index (κ3) is 3.83. The SMILES string of the molecule is CO/C=C(\Oc1cc(-c2nc(Br)cs2)ccc1C)C(=O)O. The lowest BCUT2D eigenvalue weighted by Crippen LogP contribution is -2.09. The maximum absolute atomic E-state index is 11.1. The van der Waals surface area contributed by atoms with Gasteiger partial charge in [0.15, 0.2) is 0 Å². The van der Waals surface area contributed by atoms with Crippen LogP contribution < -0.4 is 4.74 Å². The molecule has 0 aliphatic rings. The van der Waals surface area contributed by atoms with E-state index < -0.39 is 5.97 Å². The molecule has 1 heterocycles. The lowest BCUT2D eigenvalue weighted by Gasteiger charge is -2.10. The average Bonchev–Trinajstić information content (AvgIpc) is 2.87. The second kappa shape index (κ2) is 6.73. The number of hydrogen-bond donors (Lipinski definition) is 1. The summed E-state index contributed by atoms with van der Waals surface area (Å²) in [6, 6.07) is 5.52. The number of halogens is 1. The molecule has 110 valence electrons. The summed E-state index contributed by atoms with van der Waals surface area (Å²) in [5.41, 5.74) is 1.67. The van der Waals surface area contributed by atoms with Gasteiger partial charge >= 0.3 is 5.97 Å². The Kier molecular flexibility index (Phi) is 4.98. The van der Waals surface area contributed by atoms with E-state index in [2.05, 4.69) is 20.9 Å². The van der Waals surface area contributed by atoms with Crippen molar-refractivity contribution in [3.63, 3.8) is 0 Å². The molecule has 0 aliphatic carbocycles. The Labute approximate surface area is 134 Å². The number of hydrogen-bond acceptors (Lipinski definition) is 5. The number of carboxylic acids is 1. The van der Waals surface area contributed by atoms with Crippen molar-refractivity contribution in [2.75, 3.05) is 7.11 Å². The van der Waals surface area contributed by atoms with Crippen LogP contribution in [0.2, 0.25) is 0 Å². The highest BCUT2D eigenvalue weighted by Gasteiger charge is 2.14. The standard InChI is InChI=1S/C14H12BrNO4S/c1-8-3-4-9(13-16-12(15)7-21-13)5-10(8)20-11(6-19-2)14(17)18/h3-7H,1-2H3,(H,17,18)/b11-6-. The van der Waals surface area contributed by atoms with Crippen LogP contribution in [-0.4, -0.2) is 23.2 Å². The molecule has 0 atom stereocenters. The van der Waals surface area contributed by atoms with Gasteiger partial charge in [-0.05, 0) is 34.5 Å². The fourth-order valence-corrected chi connectivity index (χ4v) is 2.82. The second-order valence-electron chi connectivity index (χ2n) is 4.08. The number of aryl methyl sites for hydroxylation is 1. The number of aromatic nitrogens is 1. The van der Waals surface area contributed by atoms with E-state index in [-0.39, 0.29) is 5.76 Å². The van der Waals surface area contributed by atoms with Crippen LogP contribution in [0.5, 0.6) is 5.75 Å². The summed E-state index contributed by atoms with van der Waals surface area (Å²) in [5.74, 6) is -1.03. The molecular formula is C14H12BrNO4S. The van der Waals surface area contributed by atoms with Crippen LogP contribution in [0.4, 0.5) is 0 Å². The maximum atomic E-state index is 11.1. The van der Waals surface area contributed by atoms with Gasteiger partial charge in [-0.2, -0.15) is 0 Å². The topological polar surface area (TPSA) is 68.7 Å². The van der Waals surface area contributed by atoms with Crippen molar-refractivity contribution in [1.82, 2.24) is 4.98 Å². The maximum Gasteiger partial charge on any atom is 0.375 e. The van der Waals surface area contributed by atoms with E-state index >= 15 is 0 Å². The first-order chi connectivity index (χ1) is 10.0. The Hall–Kier alpha value is -1.86. The highest BCUT2D eigenvalue weighted by Crippen LogP contribution is 2.31. The zero-order valence-corrected chi connectivity index (χ0v) is 13.7. The van der Waals surface area contributed by atoms with Gasteiger partial charge in [0.2, 0.25) is 5.76 Å².